The molecule has 0 unspecified atom stereocenters. The maximum Gasteiger partial charge on any atom is 0.0992 e. The van der Waals surface area contributed by atoms with Crippen molar-refractivity contribution in [3.8, 4) is 5.69 Å². The Kier molecular flexibility index (Phi) is 4.17. The smallest absolute Gasteiger partial charge is 0.0992 e. The standard InChI is InChI=1S/C15H14BrIN4/c1-2-3-11-14(17)15(18)9-6-10(16)13(7-12(9)20-11)21-5-4-19-8-21/h4-8H,2-3H2,1H3,(H2,18,20). The number of halogens is 2. The Morgan fingerprint density at radius 1 is 1.38 bits per heavy atom. The van der Waals surface area contributed by atoms with Crippen LogP contribution in [0.1, 0.15) is 19.0 Å². The molecule has 0 aliphatic heterocycles. The summed E-state index contributed by atoms with van der Waals surface area (Å²) >= 11 is 5.90. The number of nitrogen functional groups attached to an aromatic ring is 1. The lowest BCUT2D eigenvalue weighted by molar-refractivity contribution is 0.884. The van der Waals surface area contributed by atoms with Crippen molar-refractivity contribution in [1.29, 1.82) is 0 Å². The molecule has 2 aromatic heterocycles. The highest BCUT2D eigenvalue weighted by atomic mass is 127. The Labute approximate surface area is 145 Å². The highest BCUT2D eigenvalue weighted by Gasteiger charge is 2.13. The summed E-state index contributed by atoms with van der Waals surface area (Å²) in [5, 5.41) is 0.981. The molecule has 0 aliphatic carbocycles. The summed E-state index contributed by atoms with van der Waals surface area (Å²) in [7, 11) is 0. The summed E-state index contributed by atoms with van der Waals surface area (Å²) in [5.41, 5.74) is 10.1. The molecule has 0 bridgehead atoms. The number of nitrogens with two attached hydrogens (primary N) is 1. The minimum Gasteiger partial charge on any atom is -0.397 e. The van der Waals surface area contributed by atoms with Crippen LogP contribution in [-0.2, 0) is 6.42 Å². The Bertz CT molecular complexity index is 799. The van der Waals surface area contributed by atoms with Gasteiger partial charge in [-0.2, -0.15) is 0 Å². The van der Waals surface area contributed by atoms with E-state index in [-0.39, 0.29) is 0 Å². The van der Waals surface area contributed by atoms with Crippen LogP contribution in [0.15, 0.2) is 35.3 Å². The van der Waals surface area contributed by atoms with Crippen molar-refractivity contribution < 1.29 is 0 Å². The van der Waals surface area contributed by atoms with Crippen molar-refractivity contribution in [3.05, 3.63) is 44.6 Å². The summed E-state index contributed by atoms with van der Waals surface area (Å²) in [5.74, 6) is 0. The fourth-order valence-corrected chi connectivity index (χ4v) is 3.56. The zero-order valence-electron chi connectivity index (χ0n) is 11.5. The van der Waals surface area contributed by atoms with Gasteiger partial charge in [0.1, 0.15) is 0 Å². The lowest BCUT2D eigenvalue weighted by Crippen LogP contribution is -2.02. The van der Waals surface area contributed by atoms with Crippen molar-refractivity contribution >= 4 is 55.1 Å². The number of imidazole rings is 1. The van der Waals surface area contributed by atoms with Crippen LogP contribution in [0.25, 0.3) is 16.6 Å². The van der Waals surface area contributed by atoms with Gasteiger partial charge in [0.25, 0.3) is 0 Å². The number of benzene rings is 1. The summed E-state index contributed by atoms with van der Waals surface area (Å²) < 4.78 is 3.99. The Morgan fingerprint density at radius 2 is 2.19 bits per heavy atom. The zero-order chi connectivity index (χ0) is 15.0. The van der Waals surface area contributed by atoms with Crippen molar-refractivity contribution in [3.63, 3.8) is 0 Å². The number of aryl methyl sites for hydroxylation is 1. The van der Waals surface area contributed by atoms with Crippen molar-refractivity contribution in [2.24, 2.45) is 0 Å². The highest BCUT2D eigenvalue weighted by Crippen LogP contribution is 2.33. The maximum atomic E-state index is 6.30. The molecule has 6 heteroatoms. The van der Waals surface area contributed by atoms with E-state index in [1.807, 2.05) is 22.9 Å². The van der Waals surface area contributed by atoms with Gasteiger partial charge in [-0.15, -0.1) is 0 Å². The molecule has 0 atom stereocenters. The molecule has 0 fully saturated rings. The van der Waals surface area contributed by atoms with Crippen LogP contribution in [0, 0.1) is 3.57 Å². The molecule has 2 N–H and O–H groups in total. The number of aromatic nitrogens is 3. The molecule has 3 aromatic rings. The quantitative estimate of drug-likeness (QED) is 0.597. The number of hydrogen-bond donors (Lipinski definition) is 1. The van der Waals surface area contributed by atoms with Crippen LogP contribution in [-0.4, -0.2) is 14.5 Å². The number of rotatable bonds is 3. The first-order valence-corrected chi connectivity index (χ1v) is 8.54. The fraction of sp³-hybridized carbons (Fsp3) is 0.200. The van der Waals surface area contributed by atoms with E-state index in [9.17, 15) is 0 Å². The second-order valence-corrected chi connectivity index (χ2v) is 6.76. The van der Waals surface area contributed by atoms with E-state index in [1.165, 1.54) is 0 Å². The van der Waals surface area contributed by atoms with Gasteiger partial charge in [-0.1, -0.05) is 13.3 Å². The average Bonchev–Trinajstić information content (AvgIpc) is 2.99. The summed E-state index contributed by atoms with van der Waals surface area (Å²) in [6, 6.07) is 4.08. The molecule has 0 saturated carbocycles. The van der Waals surface area contributed by atoms with E-state index in [0.29, 0.717) is 0 Å². The molecule has 108 valence electrons. The number of nitrogens with zero attached hydrogens (tertiary/aromatic N) is 3. The monoisotopic (exact) mass is 456 g/mol. The Hall–Kier alpha value is -1.15. The molecule has 0 radical (unpaired) electrons. The summed E-state index contributed by atoms with van der Waals surface area (Å²) in [6.45, 7) is 2.15. The highest BCUT2D eigenvalue weighted by molar-refractivity contribution is 14.1. The molecule has 0 amide bonds. The minimum atomic E-state index is 0.807. The Morgan fingerprint density at radius 3 is 2.86 bits per heavy atom. The van der Waals surface area contributed by atoms with Crippen LogP contribution in [0.3, 0.4) is 0 Å². The number of pyridine rings is 1. The van der Waals surface area contributed by atoms with E-state index < -0.39 is 0 Å². The molecule has 3 rings (SSSR count). The molecule has 4 nitrogen and oxygen atoms in total. The Balaban J connectivity index is 2.27. The fourth-order valence-electron chi connectivity index (χ4n) is 2.33. The minimum absolute atomic E-state index is 0.807. The first-order valence-electron chi connectivity index (χ1n) is 6.67. The van der Waals surface area contributed by atoms with E-state index >= 15 is 0 Å². The molecule has 1 aromatic carbocycles. The molecule has 0 saturated heterocycles. The van der Waals surface area contributed by atoms with Crippen LogP contribution in [0.2, 0.25) is 0 Å². The van der Waals surface area contributed by atoms with Crippen molar-refractivity contribution in [2.45, 2.75) is 19.8 Å². The van der Waals surface area contributed by atoms with Gasteiger partial charge in [0.05, 0.1) is 32.5 Å². The average molecular weight is 457 g/mol. The summed E-state index contributed by atoms with van der Waals surface area (Å²) in [6.07, 6.45) is 7.44. The predicted molar refractivity (Wildman–Crippen MR) is 97.7 cm³/mol. The van der Waals surface area contributed by atoms with Gasteiger partial charge in [0, 0.05) is 22.3 Å². The molecule has 21 heavy (non-hydrogen) atoms. The van der Waals surface area contributed by atoms with Gasteiger partial charge >= 0.3 is 0 Å². The molecule has 0 spiro atoms. The van der Waals surface area contributed by atoms with E-state index in [4.69, 9.17) is 10.7 Å². The van der Waals surface area contributed by atoms with Crippen LogP contribution in [0.5, 0.6) is 0 Å². The lowest BCUT2D eigenvalue weighted by atomic mass is 10.1. The van der Waals surface area contributed by atoms with Gasteiger partial charge in [0.2, 0.25) is 0 Å². The van der Waals surface area contributed by atoms with Crippen LogP contribution < -0.4 is 5.73 Å². The SMILES string of the molecule is CCCc1nc2cc(-n3ccnc3)c(Br)cc2c(N)c1I. The zero-order valence-corrected chi connectivity index (χ0v) is 15.2. The molecule has 0 aliphatic rings. The topological polar surface area (TPSA) is 56.7 Å². The van der Waals surface area contributed by atoms with Crippen molar-refractivity contribution in [1.82, 2.24) is 14.5 Å². The molecule has 2 heterocycles. The maximum absolute atomic E-state index is 6.30. The molecular formula is C15H14BrIN4. The van der Waals surface area contributed by atoms with Gasteiger partial charge in [0.15, 0.2) is 0 Å². The van der Waals surface area contributed by atoms with E-state index in [0.717, 1.165) is 48.9 Å². The second kappa shape index (κ2) is 5.92. The van der Waals surface area contributed by atoms with Gasteiger partial charge in [-0.25, -0.2) is 4.98 Å². The first-order chi connectivity index (χ1) is 10.1. The lowest BCUT2D eigenvalue weighted by Gasteiger charge is -2.12. The number of anilines is 1. The third-order valence-electron chi connectivity index (χ3n) is 3.37. The normalized spacial score (nSPS) is 11.2. The largest absolute Gasteiger partial charge is 0.397 e. The van der Waals surface area contributed by atoms with E-state index in [1.54, 1.807) is 12.5 Å². The third-order valence-corrected chi connectivity index (χ3v) is 5.21. The predicted octanol–water partition coefficient (Wildman–Crippen LogP) is 4.32. The molecular weight excluding hydrogens is 443 g/mol. The van der Waals surface area contributed by atoms with Crippen LogP contribution >= 0.6 is 38.5 Å². The van der Waals surface area contributed by atoms with Crippen LogP contribution in [0.4, 0.5) is 5.69 Å². The van der Waals surface area contributed by atoms with Gasteiger partial charge in [-0.3, -0.25) is 4.98 Å². The van der Waals surface area contributed by atoms with Crippen molar-refractivity contribution in [2.75, 3.05) is 5.73 Å². The number of hydrogen-bond acceptors (Lipinski definition) is 3. The first kappa shape index (κ1) is 14.8. The second-order valence-electron chi connectivity index (χ2n) is 4.83. The third kappa shape index (κ3) is 2.66. The van der Waals surface area contributed by atoms with E-state index in [2.05, 4.69) is 50.4 Å². The number of fused-ring (bicyclic) bond motifs is 1. The van der Waals surface area contributed by atoms with Gasteiger partial charge < -0.3 is 10.3 Å². The van der Waals surface area contributed by atoms with Gasteiger partial charge in [-0.05, 0) is 57.1 Å². The summed E-state index contributed by atoms with van der Waals surface area (Å²) in [4.78, 5) is 8.89.